The molecule has 1 unspecified atom stereocenters. The standard InChI is InChI=1S/C27H37N3O5/c1-5-18(17-25(31)32)19-9-14-23(30-15-7-8-24(30)27(3,4)34)22(16-19)29-26(33)28-20-10-12-21(13-11-20)35-6-2/h9-14,16,18,24,34H,5-8,15,17H2,1-4H3,(H,31,32)(H2,28,29,33)/t18?,24-/m0/s1. The zero-order chi connectivity index (χ0) is 25.6. The van der Waals surface area contributed by atoms with E-state index in [2.05, 4.69) is 15.5 Å². The van der Waals surface area contributed by atoms with E-state index in [4.69, 9.17) is 4.74 Å². The molecule has 3 rings (SSSR count). The molecule has 0 bridgehead atoms. The predicted molar refractivity (Wildman–Crippen MR) is 139 cm³/mol. The number of aliphatic carboxylic acids is 1. The van der Waals surface area contributed by atoms with Gasteiger partial charge < -0.3 is 30.5 Å². The Kier molecular flexibility index (Phi) is 8.62. The van der Waals surface area contributed by atoms with Crippen LogP contribution < -0.4 is 20.3 Å². The molecule has 0 aromatic heterocycles. The van der Waals surface area contributed by atoms with E-state index in [1.165, 1.54) is 0 Å². The number of hydrogen-bond donors (Lipinski definition) is 4. The van der Waals surface area contributed by atoms with Crippen molar-refractivity contribution in [2.75, 3.05) is 28.7 Å². The minimum absolute atomic E-state index is 0.0175. The largest absolute Gasteiger partial charge is 0.494 e. The Balaban J connectivity index is 1.89. The highest BCUT2D eigenvalue weighted by molar-refractivity contribution is 6.02. The molecular weight excluding hydrogens is 446 g/mol. The van der Waals surface area contributed by atoms with Crippen molar-refractivity contribution in [3.63, 3.8) is 0 Å². The van der Waals surface area contributed by atoms with Gasteiger partial charge in [-0.25, -0.2) is 4.79 Å². The summed E-state index contributed by atoms with van der Waals surface area (Å²) in [5.74, 6) is -0.297. The number of hydrogen-bond acceptors (Lipinski definition) is 5. The molecule has 2 amide bonds. The van der Waals surface area contributed by atoms with Crippen molar-refractivity contribution in [3.8, 4) is 5.75 Å². The molecule has 8 nitrogen and oxygen atoms in total. The van der Waals surface area contributed by atoms with Crippen molar-refractivity contribution >= 4 is 29.1 Å². The van der Waals surface area contributed by atoms with Crippen LogP contribution in [-0.4, -0.2) is 47.0 Å². The number of anilines is 3. The molecule has 0 spiro atoms. The molecule has 4 N–H and O–H groups in total. The van der Waals surface area contributed by atoms with E-state index < -0.39 is 17.6 Å². The van der Waals surface area contributed by atoms with Crippen molar-refractivity contribution in [1.29, 1.82) is 0 Å². The molecular formula is C27H37N3O5. The van der Waals surface area contributed by atoms with Crippen molar-refractivity contribution < 1.29 is 24.5 Å². The van der Waals surface area contributed by atoms with E-state index in [-0.39, 0.29) is 18.4 Å². The number of carbonyl (C=O) groups excluding carboxylic acids is 1. The van der Waals surface area contributed by atoms with Crippen molar-refractivity contribution in [3.05, 3.63) is 48.0 Å². The Bertz CT molecular complexity index is 1020. The average molecular weight is 484 g/mol. The summed E-state index contributed by atoms with van der Waals surface area (Å²) in [6, 6.07) is 12.4. The minimum Gasteiger partial charge on any atom is -0.494 e. The maximum atomic E-state index is 13.0. The van der Waals surface area contributed by atoms with Crippen molar-refractivity contribution in [2.45, 2.75) is 70.9 Å². The van der Waals surface area contributed by atoms with Gasteiger partial charge in [0, 0.05) is 12.2 Å². The summed E-state index contributed by atoms with van der Waals surface area (Å²) in [6.07, 6.45) is 2.47. The first kappa shape index (κ1) is 26.3. The third-order valence-electron chi connectivity index (χ3n) is 6.45. The number of ether oxygens (including phenoxy) is 1. The van der Waals surface area contributed by atoms with Gasteiger partial charge in [0.05, 0.1) is 36.0 Å². The molecule has 1 aliphatic rings. The van der Waals surface area contributed by atoms with E-state index in [9.17, 15) is 19.8 Å². The van der Waals surface area contributed by atoms with Gasteiger partial charge in [0.2, 0.25) is 0 Å². The van der Waals surface area contributed by atoms with Gasteiger partial charge in [-0.15, -0.1) is 0 Å². The van der Waals surface area contributed by atoms with E-state index in [0.717, 1.165) is 36.4 Å². The van der Waals surface area contributed by atoms with Crippen LogP contribution in [0.5, 0.6) is 5.75 Å². The Morgan fingerprint density at radius 3 is 2.46 bits per heavy atom. The minimum atomic E-state index is -0.910. The van der Waals surface area contributed by atoms with Crippen LogP contribution in [0, 0.1) is 0 Å². The van der Waals surface area contributed by atoms with Crippen LogP contribution in [0.4, 0.5) is 21.9 Å². The Hall–Kier alpha value is -3.26. The molecule has 8 heteroatoms. The van der Waals surface area contributed by atoms with Crippen LogP contribution in [-0.2, 0) is 4.79 Å². The number of carboxylic acid groups (broad SMARTS) is 1. The fourth-order valence-electron chi connectivity index (χ4n) is 4.74. The lowest BCUT2D eigenvalue weighted by molar-refractivity contribution is -0.137. The number of aliphatic hydroxyl groups is 1. The highest BCUT2D eigenvalue weighted by Gasteiger charge is 2.37. The first-order valence-corrected chi connectivity index (χ1v) is 12.3. The third kappa shape index (κ3) is 6.88. The quantitative estimate of drug-likeness (QED) is 0.358. The van der Waals surface area contributed by atoms with Crippen LogP contribution in [0.2, 0.25) is 0 Å². The molecule has 1 heterocycles. The van der Waals surface area contributed by atoms with Gasteiger partial charge in [-0.2, -0.15) is 0 Å². The molecule has 1 fully saturated rings. The summed E-state index contributed by atoms with van der Waals surface area (Å²) in [7, 11) is 0. The summed E-state index contributed by atoms with van der Waals surface area (Å²) in [4.78, 5) is 26.5. The number of carbonyl (C=O) groups is 2. The van der Waals surface area contributed by atoms with Gasteiger partial charge in [-0.1, -0.05) is 13.0 Å². The van der Waals surface area contributed by atoms with E-state index in [0.29, 0.717) is 24.4 Å². The number of nitrogens with zero attached hydrogens (tertiary/aromatic N) is 1. The molecule has 2 aromatic carbocycles. The first-order chi connectivity index (χ1) is 16.6. The lowest BCUT2D eigenvalue weighted by Crippen LogP contribution is -2.46. The van der Waals surface area contributed by atoms with Gasteiger partial charge in [-0.3, -0.25) is 4.79 Å². The predicted octanol–water partition coefficient (Wildman–Crippen LogP) is 5.44. The van der Waals surface area contributed by atoms with E-state index >= 15 is 0 Å². The Morgan fingerprint density at radius 1 is 1.14 bits per heavy atom. The monoisotopic (exact) mass is 483 g/mol. The van der Waals surface area contributed by atoms with Crippen LogP contribution in [0.1, 0.15) is 64.9 Å². The third-order valence-corrected chi connectivity index (χ3v) is 6.45. The van der Waals surface area contributed by atoms with Gasteiger partial charge in [0.25, 0.3) is 0 Å². The molecule has 35 heavy (non-hydrogen) atoms. The fourth-order valence-corrected chi connectivity index (χ4v) is 4.74. The molecule has 1 saturated heterocycles. The van der Waals surface area contributed by atoms with Crippen LogP contribution in [0.25, 0.3) is 0 Å². The second-order valence-electron chi connectivity index (χ2n) is 9.52. The number of carboxylic acids is 1. The molecule has 0 aliphatic carbocycles. The highest BCUT2D eigenvalue weighted by Crippen LogP contribution is 2.38. The SMILES string of the molecule is CCOc1ccc(NC(=O)Nc2cc(C(CC)CC(=O)O)ccc2N2CCC[C@H]2C(C)(C)O)cc1. The first-order valence-electron chi connectivity index (χ1n) is 12.3. The Morgan fingerprint density at radius 2 is 1.86 bits per heavy atom. The van der Waals surface area contributed by atoms with Gasteiger partial charge in [0.1, 0.15) is 5.75 Å². The van der Waals surface area contributed by atoms with Gasteiger partial charge in [0.15, 0.2) is 0 Å². The molecule has 190 valence electrons. The summed E-state index contributed by atoms with van der Waals surface area (Å²) in [5, 5.41) is 25.9. The zero-order valence-electron chi connectivity index (χ0n) is 21.0. The number of benzene rings is 2. The lowest BCUT2D eigenvalue weighted by atomic mass is 9.92. The van der Waals surface area contributed by atoms with Crippen LogP contribution >= 0.6 is 0 Å². The maximum absolute atomic E-state index is 13.0. The smallest absolute Gasteiger partial charge is 0.323 e. The zero-order valence-corrected chi connectivity index (χ0v) is 21.0. The van der Waals surface area contributed by atoms with Gasteiger partial charge >= 0.3 is 12.0 Å². The number of nitrogens with one attached hydrogen (secondary N) is 2. The number of urea groups is 1. The second-order valence-corrected chi connectivity index (χ2v) is 9.52. The van der Waals surface area contributed by atoms with Crippen LogP contribution in [0.15, 0.2) is 42.5 Å². The Labute approximate surface area is 207 Å². The average Bonchev–Trinajstić information content (AvgIpc) is 3.29. The summed E-state index contributed by atoms with van der Waals surface area (Å²) >= 11 is 0. The van der Waals surface area contributed by atoms with Crippen LogP contribution in [0.3, 0.4) is 0 Å². The van der Waals surface area contributed by atoms with Crippen molar-refractivity contribution in [2.24, 2.45) is 0 Å². The normalized spacial score (nSPS) is 16.6. The van der Waals surface area contributed by atoms with E-state index in [1.54, 1.807) is 38.1 Å². The lowest BCUT2D eigenvalue weighted by Gasteiger charge is -2.36. The molecule has 1 aliphatic heterocycles. The summed E-state index contributed by atoms with van der Waals surface area (Å²) in [6.45, 7) is 8.79. The fraction of sp³-hybridized carbons (Fsp3) is 0.481. The summed E-state index contributed by atoms with van der Waals surface area (Å²) in [5.41, 5.74) is 1.97. The molecule has 0 radical (unpaired) electrons. The van der Waals surface area contributed by atoms with E-state index in [1.807, 2.05) is 32.0 Å². The highest BCUT2D eigenvalue weighted by atomic mass is 16.5. The molecule has 2 atom stereocenters. The summed E-state index contributed by atoms with van der Waals surface area (Å²) < 4.78 is 5.45. The molecule has 2 aromatic rings. The topological polar surface area (TPSA) is 111 Å². The van der Waals surface area contributed by atoms with Crippen molar-refractivity contribution in [1.82, 2.24) is 0 Å². The number of rotatable bonds is 10. The maximum Gasteiger partial charge on any atom is 0.323 e. The van der Waals surface area contributed by atoms with Gasteiger partial charge in [-0.05, 0) is 87.9 Å². The molecule has 0 saturated carbocycles. The second kappa shape index (κ2) is 11.4. The number of amides is 2.